The van der Waals surface area contributed by atoms with E-state index in [1.54, 1.807) is 36.7 Å². The third-order valence-corrected chi connectivity index (χ3v) is 6.56. The number of nitrogens with zero attached hydrogens (tertiary/aromatic N) is 5. The number of rotatable bonds is 5. The van der Waals surface area contributed by atoms with Crippen LogP contribution in [0.5, 0.6) is 0 Å². The van der Waals surface area contributed by atoms with Gasteiger partial charge in [-0.15, -0.1) is 0 Å². The highest BCUT2D eigenvalue weighted by Crippen LogP contribution is 2.55. The van der Waals surface area contributed by atoms with Gasteiger partial charge in [-0.25, -0.2) is 19.9 Å². The van der Waals surface area contributed by atoms with E-state index in [1.165, 1.54) is 0 Å². The van der Waals surface area contributed by atoms with Gasteiger partial charge in [0.2, 0.25) is 5.95 Å². The van der Waals surface area contributed by atoms with Crippen molar-refractivity contribution in [1.82, 2.24) is 24.8 Å². The maximum absolute atomic E-state index is 13.7. The van der Waals surface area contributed by atoms with Gasteiger partial charge < -0.3 is 10.2 Å². The van der Waals surface area contributed by atoms with Crippen LogP contribution in [0.3, 0.4) is 0 Å². The number of amides is 1. The van der Waals surface area contributed by atoms with E-state index in [-0.39, 0.29) is 23.3 Å². The van der Waals surface area contributed by atoms with Crippen molar-refractivity contribution in [2.75, 3.05) is 18.4 Å². The molecular weight excluding hydrogens is 469 g/mol. The second kappa shape index (κ2) is 8.50. The molecule has 1 atom stereocenters. The first-order valence-corrected chi connectivity index (χ1v) is 11.1. The van der Waals surface area contributed by atoms with Gasteiger partial charge in [0.1, 0.15) is 0 Å². The van der Waals surface area contributed by atoms with Crippen molar-refractivity contribution in [2.45, 2.75) is 31.5 Å². The van der Waals surface area contributed by atoms with Crippen LogP contribution in [0.1, 0.15) is 35.2 Å². The van der Waals surface area contributed by atoms with E-state index < -0.39 is 11.7 Å². The van der Waals surface area contributed by atoms with Crippen LogP contribution < -0.4 is 5.32 Å². The number of carbonyl (C=O) groups excluding carboxylic acids is 1. The number of likely N-dealkylation sites (tertiary alicyclic amines) is 1. The minimum Gasteiger partial charge on any atom is -0.352 e. The molecule has 2 aliphatic rings. The molecule has 2 fully saturated rings. The van der Waals surface area contributed by atoms with Crippen molar-refractivity contribution in [3.63, 3.8) is 0 Å². The van der Waals surface area contributed by atoms with E-state index in [4.69, 9.17) is 11.6 Å². The summed E-state index contributed by atoms with van der Waals surface area (Å²) < 4.78 is 38.3. The van der Waals surface area contributed by atoms with E-state index in [0.29, 0.717) is 35.1 Å². The molecule has 1 aliphatic heterocycles. The first-order chi connectivity index (χ1) is 16.2. The first kappa shape index (κ1) is 22.5. The summed E-state index contributed by atoms with van der Waals surface area (Å²) in [5.74, 6) is 0.322. The molecule has 1 unspecified atom stereocenters. The molecule has 5 rings (SSSR count). The molecule has 0 radical (unpaired) electrons. The summed E-state index contributed by atoms with van der Waals surface area (Å²) in [4.78, 5) is 31.6. The van der Waals surface area contributed by atoms with Crippen LogP contribution >= 0.6 is 11.6 Å². The molecule has 3 aromatic rings. The molecular formula is C23H20ClF3N6O. The van der Waals surface area contributed by atoms with Gasteiger partial charge in [0.05, 0.1) is 11.1 Å². The largest absolute Gasteiger partial charge is 0.419 e. The van der Waals surface area contributed by atoms with Crippen molar-refractivity contribution in [1.29, 1.82) is 0 Å². The minimum absolute atomic E-state index is 0.0817. The number of hydrogen-bond donors (Lipinski definition) is 1. The minimum atomic E-state index is -4.50. The van der Waals surface area contributed by atoms with Gasteiger partial charge in [-0.3, -0.25) is 4.79 Å². The maximum Gasteiger partial charge on any atom is 0.419 e. The third-order valence-electron chi connectivity index (χ3n) is 6.33. The van der Waals surface area contributed by atoms with Gasteiger partial charge in [0, 0.05) is 54.5 Å². The monoisotopic (exact) mass is 488 g/mol. The van der Waals surface area contributed by atoms with E-state index in [0.717, 1.165) is 31.7 Å². The smallest absolute Gasteiger partial charge is 0.352 e. The van der Waals surface area contributed by atoms with Crippen LogP contribution in [0.15, 0.2) is 49.1 Å². The number of carbonyl (C=O) groups is 1. The number of aromatic nitrogens is 4. The molecule has 3 heterocycles. The Balaban J connectivity index is 1.37. The predicted octanol–water partition coefficient (Wildman–Crippen LogP) is 4.71. The molecule has 1 spiro atoms. The molecule has 1 aromatic carbocycles. The highest BCUT2D eigenvalue weighted by molar-refractivity contribution is 6.31. The molecule has 1 N–H and O–H groups in total. The third kappa shape index (κ3) is 4.54. The lowest BCUT2D eigenvalue weighted by Crippen LogP contribution is -2.40. The Bertz CT molecular complexity index is 1200. The summed E-state index contributed by atoms with van der Waals surface area (Å²) in [5.41, 5.74) is 0.173. The Morgan fingerprint density at radius 2 is 1.85 bits per heavy atom. The molecule has 1 aliphatic carbocycles. The lowest BCUT2D eigenvalue weighted by molar-refractivity contribution is -0.138. The van der Waals surface area contributed by atoms with Gasteiger partial charge >= 0.3 is 6.18 Å². The van der Waals surface area contributed by atoms with Gasteiger partial charge in [-0.05, 0) is 48.9 Å². The average Bonchev–Trinajstić information content (AvgIpc) is 3.48. The number of anilines is 1. The zero-order valence-electron chi connectivity index (χ0n) is 17.9. The zero-order valence-corrected chi connectivity index (χ0v) is 18.6. The molecule has 1 saturated heterocycles. The number of benzene rings is 1. The van der Waals surface area contributed by atoms with Crippen molar-refractivity contribution < 1.29 is 18.0 Å². The van der Waals surface area contributed by atoms with Gasteiger partial charge in [-0.1, -0.05) is 11.6 Å². The summed E-state index contributed by atoms with van der Waals surface area (Å²) >= 11 is 6.23. The van der Waals surface area contributed by atoms with Crippen LogP contribution in [0.4, 0.5) is 19.1 Å². The first-order valence-electron chi connectivity index (χ1n) is 10.8. The summed E-state index contributed by atoms with van der Waals surface area (Å²) in [6.07, 6.45) is 3.07. The SMILES string of the molecule is O=C(c1cc(Cl)ccc1-c1ncccn1)N1CC2(CC2)CC1CNc1ncc(C(F)(F)F)cn1. The number of nitrogens with one attached hydrogen (secondary N) is 1. The Morgan fingerprint density at radius 3 is 2.50 bits per heavy atom. The predicted molar refractivity (Wildman–Crippen MR) is 119 cm³/mol. The van der Waals surface area contributed by atoms with Gasteiger partial charge in [0.15, 0.2) is 5.82 Å². The fourth-order valence-corrected chi connectivity index (χ4v) is 4.55. The van der Waals surface area contributed by atoms with E-state index in [2.05, 4.69) is 25.3 Å². The summed E-state index contributed by atoms with van der Waals surface area (Å²) in [5, 5.41) is 3.42. The lowest BCUT2D eigenvalue weighted by Gasteiger charge is -2.26. The molecule has 2 aromatic heterocycles. The van der Waals surface area contributed by atoms with Crippen LogP contribution in [0.2, 0.25) is 5.02 Å². The Kier molecular flexibility index (Phi) is 5.63. The number of halogens is 4. The number of hydrogen-bond acceptors (Lipinski definition) is 6. The van der Waals surface area contributed by atoms with Crippen molar-refractivity contribution in [3.8, 4) is 11.4 Å². The highest BCUT2D eigenvalue weighted by Gasteiger charge is 2.53. The van der Waals surface area contributed by atoms with Crippen molar-refractivity contribution in [3.05, 3.63) is 65.2 Å². The molecule has 176 valence electrons. The van der Waals surface area contributed by atoms with Gasteiger partial charge in [0.25, 0.3) is 5.91 Å². The van der Waals surface area contributed by atoms with E-state index in [1.807, 2.05) is 4.90 Å². The average molecular weight is 489 g/mol. The maximum atomic E-state index is 13.7. The number of alkyl halides is 3. The lowest BCUT2D eigenvalue weighted by atomic mass is 10.0. The summed E-state index contributed by atoms with van der Waals surface area (Å²) in [6.45, 7) is 0.921. The quantitative estimate of drug-likeness (QED) is 0.560. The Hall–Kier alpha value is -3.27. The fraction of sp³-hybridized carbons (Fsp3) is 0.348. The molecule has 7 nitrogen and oxygen atoms in total. The van der Waals surface area contributed by atoms with Crippen LogP contribution in [-0.4, -0.2) is 49.9 Å². The molecule has 11 heteroatoms. The normalized spacial score (nSPS) is 18.8. The zero-order chi connectivity index (χ0) is 23.9. The van der Waals surface area contributed by atoms with E-state index >= 15 is 0 Å². The van der Waals surface area contributed by atoms with E-state index in [9.17, 15) is 18.0 Å². The van der Waals surface area contributed by atoms with Crippen molar-refractivity contribution in [2.24, 2.45) is 5.41 Å². The Labute approximate surface area is 198 Å². The second-order valence-electron chi connectivity index (χ2n) is 8.73. The van der Waals surface area contributed by atoms with Crippen LogP contribution in [0.25, 0.3) is 11.4 Å². The van der Waals surface area contributed by atoms with Crippen LogP contribution in [-0.2, 0) is 6.18 Å². The van der Waals surface area contributed by atoms with Gasteiger partial charge in [-0.2, -0.15) is 13.2 Å². The Morgan fingerprint density at radius 1 is 1.15 bits per heavy atom. The fourth-order valence-electron chi connectivity index (χ4n) is 4.38. The molecule has 1 amide bonds. The summed E-state index contributed by atoms with van der Waals surface area (Å²) in [7, 11) is 0. The second-order valence-corrected chi connectivity index (χ2v) is 9.16. The molecule has 1 saturated carbocycles. The van der Waals surface area contributed by atoms with Crippen molar-refractivity contribution >= 4 is 23.5 Å². The highest BCUT2D eigenvalue weighted by atomic mass is 35.5. The molecule has 0 bridgehead atoms. The van der Waals surface area contributed by atoms with Crippen LogP contribution in [0, 0.1) is 5.41 Å². The standard InChI is InChI=1S/C23H20ClF3N6O/c24-15-2-3-17(19-28-6-1-7-29-19)18(8-15)20(34)33-13-22(4-5-22)9-16(33)12-32-21-30-10-14(11-31-21)23(25,26)27/h1-3,6-8,10-11,16H,4-5,9,12-13H2,(H,30,31,32). The molecule has 34 heavy (non-hydrogen) atoms. The summed E-state index contributed by atoms with van der Waals surface area (Å²) in [6, 6.07) is 6.57. The topological polar surface area (TPSA) is 83.9 Å².